The van der Waals surface area contributed by atoms with Gasteiger partial charge in [-0.05, 0) is 54.6 Å². The van der Waals surface area contributed by atoms with Crippen LogP contribution in [0.4, 0.5) is 8.78 Å². The second kappa shape index (κ2) is 13.5. The van der Waals surface area contributed by atoms with E-state index in [0.717, 1.165) is 12.5 Å². The van der Waals surface area contributed by atoms with E-state index in [4.69, 9.17) is 0 Å². The average molecular weight is 479 g/mol. The molecule has 0 aliphatic rings. The Labute approximate surface area is 205 Å². The van der Waals surface area contributed by atoms with Crippen molar-refractivity contribution in [3.05, 3.63) is 107 Å². The van der Waals surface area contributed by atoms with Crippen molar-refractivity contribution in [1.82, 2.24) is 10.6 Å². The van der Waals surface area contributed by atoms with Crippen molar-refractivity contribution in [2.75, 3.05) is 6.54 Å². The van der Waals surface area contributed by atoms with Crippen molar-refractivity contribution >= 4 is 11.7 Å². The van der Waals surface area contributed by atoms with Gasteiger partial charge >= 0.3 is 0 Å². The van der Waals surface area contributed by atoms with E-state index in [1.165, 1.54) is 23.3 Å². The van der Waals surface area contributed by atoms with Gasteiger partial charge in [-0.2, -0.15) is 0 Å². The summed E-state index contributed by atoms with van der Waals surface area (Å²) in [4.78, 5) is 24.9. The number of carbonyl (C=O) groups excluding carboxylic acids is 2. The quantitative estimate of drug-likeness (QED) is 0.256. The van der Waals surface area contributed by atoms with Crippen LogP contribution in [-0.2, 0) is 24.2 Å². The van der Waals surface area contributed by atoms with Crippen molar-refractivity contribution in [2.45, 2.75) is 51.6 Å². The van der Waals surface area contributed by atoms with Crippen LogP contribution in [0.5, 0.6) is 0 Å². The predicted molar refractivity (Wildman–Crippen MR) is 134 cm³/mol. The molecule has 0 heterocycles. The van der Waals surface area contributed by atoms with Crippen LogP contribution in [0.25, 0.3) is 0 Å². The fourth-order valence-corrected chi connectivity index (χ4v) is 4.00. The van der Waals surface area contributed by atoms with E-state index in [1.54, 1.807) is 24.3 Å². The number of aryl methyl sites for hydroxylation is 1. The molecule has 4 nitrogen and oxygen atoms in total. The predicted octanol–water partition coefficient (Wildman–Crippen LogP) is 5.40. The Balaban J connectivity index is 1.56. The molecule has 0 aliphatic heterocycles. The first kappa shape index (κ1) is 26.2. The van der Waals surface area contributed by atoms with Gasteiger partial charge in [-0.1, -0.05) is 61.5 Å². The molecule has 6 heteroatoms. The molecule has 1 amide bonds. The molecule has 0 fully saturated rings. The van der Waals surface area contributed by atoms with Gasteiger partial charge in [-0.25, -0.2) is 8.78 Å². The summed E-state index contributed by atoms with van der Waals surface area (Å²) < 4.78 is 27.4. The topological polar surface area (TPSA) is 58.2 Å². The van der Waals surface area contributed by atoms with Crippen molar-refractivity contribution in [3.8, 4) is 0 Å². The minimum Gasteiger partial charge on any atom is -0.353 e. The first-order valence-corrected chi connectivity index (χ1v) is 12.0. The lowest BCUT2D eigenvalue weighted by Crippen LogP contribution is -2.38. The molecular formula is C29H32F2N2O2. The maximum atomic E-state index is 13.7. The van der Waals surface area contributed by atoms with Crippen molar-refractivity contribution < 1.29 is 18.4 Å². The van der Waals surface area contributed by atoms with Gasteiger partial charge in [0.25, 0.3) is 0 Å². The zero-order valence-electron chi connectivity index (χ0n) is 20.0. The maximum Gasteiger partial charge on any atom is 0.220 e. The standard InChI is InChI=1S/C29H32F2N2O2/c1-2-21-7-6-8-22(15-21)20-32-14-13-27(18-23-16-25(30)19-26(31)17-23)33-29(35)12-11-28(34)24-9-4-3-5-10-24/h3-10,15-17,19,27,32H,2,11-14,18,20H2,1H3,(H,33,35). The summed E-state index contributed by atoms with van der Waals surface area (Å²) in [5.41, 5.74) is 3.50. The van der Waals surface area contributed by atoms with Crippen LogP contribution in [0, 0.1) is 11.6 Å². The summed E-state index contributed by atoms with van der Waals surface area (Å²) in [5.74, 6) is -1.65. The monoisotopic (exact) mass is 478 g/mol. The number of nitrogens with one attached hydrogen (secondary N) is 2. The normalized spacial score (nSPS) is 11.7. The smallest absolute Gasteiger partial charge is 0.220 e. The Kier molecular flexibility index (Phi) is 10.1. The molecule has 0 radical (unpaired) electrons. The molecule has 3 rings (SSSR count). The zero-order valence-corrected chi connectivity index (χ0v) is 20.0. The molecule has 1 atom stereocenters. The van der Waals surface area contributed by atoms with Crippen LogP contribution < -0.4 is 10.6 Å². The zero-order chi connectivity index (χ0) is 25.0. The van der Waals surface area contributed by atoms with Crippen LogP contribution >= 0.6 is 0 Å². The van der Waals surface area contributed by atoms with Gasteiger partial charge in [-0.3, -0.25) is 9.59 Å². The lowest BCUT2D eigenvalue weighted by atomic mass is 10.0. The number of ketones is 1. The minimum atomic E-state index is -0.646. The second-order valence-corrected chi connectivity index (χ2v) is 8.67. The first-order chi connectivity index (χ1) is 16.9. The Morgan fingerprint density at radius 3 is 2.26 bits per heavy atom. The fourth-order valence-electron chi connectivity index (χ4n) is 4.00. The van der Waals surface area contributed by atoms with Gasteiger partial charge in [0, 0.05) is 37.1 Å². The van der Waals surface area contributed by atoms with E-state index < -0.39 is 11.6 Å². The van der Waals surface area contributed by atoms with Gasteiger partial charge in [-0.15, -0.1) is 0 Å². The molecule has 3 aromatic carbocycles. The summed E-state index contributed by atoms with van der Waals surface area (Å²) in [5, 5.41) is 6.34. The number of hydrogen-bond donors (Lipinski definition) is 2. The van der Waals surface area contributed by atoms with Crippen LogP contribution in [-0.4, -0.2) is 24.3 Å². The molecule has 0 bridgehead atoms. The molecule has 0 saturated carbocycles. The molecule has 184 valence electrons. The molecule has 0 aliphatic carbocycles. The third kappa shape index (κ3) is 9.06. The molecule has 1 unspecified atom stereocenters. The summed E-state index contributed by atoms with van der Waals surface area (Å²) in [7, 11) is 0. The van der Waals surface area contributed by atoms with Crippen molar-refractivity contribution in [3.63, 3.8) is 0 Å². The first-order valence-electron chi connectivity index (χ1n) is 12.0. The Morgan fingerprint density at radius 1 is 0.829 bits per heavy atom. The number of Topliss-reactive ketones (excluding diaryl/α,β-unsaturated/α-hetero) is 1. The Morgan fingerprint density at radius 2 is 1.54 bits per heavy atom. The summed E-state index contributed by atoms with van der Waals surface area (Å²) in [6.45, 7) is 3.42. The number of carbonyl (C=O) groups is 2. The Hall–Kier alpha value is -3.38. The van der Waals surface area contributed by atoms with Gasteiger partial charge < -0.3 is 10.6 Å². The van der Waals surface area contributed by atoms with Crippen LogP contribution in [0.15, 0.2) is 72.8 Å². The van der Waals surface area contributed by atoms with E-state index in [9.17, 15) is 18.4 Å². The molecule has 35 heavy (non-hydrogen) atoms. The SMILES string of the molecule is CCc1cccc(CNCCC(Cc2cc(F)cc(F)c2)NC(=O)CCC(=O)c2ccccc2)c1. The summed E-state index contributed by atoms with van der Waals surface area (Å²) in [6.07, 6.45) is 1.99. The van der Waals surface area contributed by atoms with Crippen LogP contribution in [0.2, 0.25) is 0 Å². The molecule has 0 saturated heterocycles. The average Bonchev–Trinajstić information content (AvgIpc) is 2.85. The van der Waals surface area contributed by atoms with E-state index in [-0.39, 0.29) is 30.6 Å². The highest BCUT2D eigenvalue weighted by Gasteiger charge is 2.16. The number of rotatable bonds is 13. The van der Waals surface area contributed by atoms with E-state index >= 15 is 0 Å². The number of amides is 1. The fraction of sp³-hybridized carbons (Fsp3) is 0.310. The van der Waals surface area contributed by atoms with Gasteiger partial charge in [0.2, 0.25) is 5.91 Å². The number of halogens is 2. The molecule has 3 aromatic rings. The van der Waals surface area contributed by atoms with Gasteiger partial charge in [0.05, 0.1) is 0 Å². The van der Waals surface area contributed by atoms with Crippen molar-refractivity contribution in [2.24, 2.45) is 0 Å². The lowest BCUT2D eigenvalue weighted by Gasteiger charge is -2.20. The van der Waals surface area contributed by atoms with Crippen molar-refractivity contribution in [1.29, 1.82) is 0 Å². The van der Waals surface area contributed by atoms with E-state index in [0.29, 0.717) is 37.1 Å². The van der Waals surface area contributed by atoms with E-state index in [2.05, 4.69) is 35.8 Å². The number of benzene rings is 3. The molecule has 2 N–H and O–H groups in total. The second-order valence-electron chi connectivity index (χ2n) is 8.67. The highest BCUT2D eigenvalue weighted by molar-refractivity contribution is 5.97. The summed E-state index contributed by atoms with van der Waals surface area (Å²) in [6, 6.07) is 20.3. The lowest BCUT2D eigenvalue weighted by molar-refractivity contribution is -0.121. The largest absolute Gasteiger partial charge is 0.353 e. The highest BCUT2D eigenvalue weighted by atomic mass is 19.1. The van der Waals surface area contributed by atoms with Crippen LogP contribution in [0.1, 0.15) is 53.2 Å². The Bertz CT molecular complexity index is 1100. The van der Waals surface area contributed by atoms with Gasteiger partial charge in [0.1, 0.15) is 11.6 Å². The molecule has 0 aromatic heterocycles. The molecular weight excluding hydrogens is 446 g/mol. The maximum absolute atomic E-state index is 13.7. The van der Waals surface area contributed by atoms with Crippen LogP contribution in [0.3, 0.4) is 0 Å². The molecule has 0 spiro atoms. The highest BCUT2D eigenvalue weighted by Crippen LogP contribution is 2.13. The third-order valence-electron chi connectivity index (χ3n) is 5.84. The van der Waals surface area contributed by atoms with E-state index in [1.807, 2.05) is 12.1 Å². The minimum absolute atomic E-state index is 0.0545. The van der Waals surface area contributed by atoms with Gasteiger partial charge in [0.15, 0.2) is 5.78 Å². The third-order valence-corrected chi connectivity index (χ3v) is 5.84. The number of hydrogen-bond acceptors (Lipinski definition) is 3. The summed E-state index contributed by atoms with van der Waals surface area (Å²) >= 11 is 0.